The fraction of sp³-hybridized carbons (Fsp3) is 0.278. The molecule has 6 rings (SSSR count). The highest BCUT2D eigenvalue weighted by Crippen LogP contribution is 2.34. The van der Waals surface area contributed by atoms with Crippen molar-refractivity contribution in [3.8, 4) is 0 Å². The van der Waals surface area contributed by atoms with E-state index >= 15 is 0 Å². The van der Waals surface area contributed by atoms with E-state index in [4.69, 9.17) is 9.97 Å². The molecule has 6 heteroatoms. The Kier molecular flexibility index (Phi) is 9.35. The summed E-state index contributed by atoms with van der Waals surface area (Å²) in [6.07, 6.45) is 4.49. The molecule has 4 aromatic carbocycles. The topological polar surface area (TPSA) is 56.3 Å². The fourth-order valence-electron chi connectivity index (χ4n) is 5.72. The number of benzene rings is 4. The summed E-state index contributed by atoms with van der Waals surface area (Å²) in [6, 6.07) is 39.2. The molecular weight excluding hydrogens is 516 g/mol. The lowest BCUT2D eigenvalue weighted by Gasteiger charge is -2.30. The molecule has 6 nitrogen and oxygen atoms in total. The Morgan fingerprint density at radius 3 is 1.81 bits per heavy atom. The molecule has 0 bridgehead atoms. The zero-order valence-corrected chi connectivity index (χ0v) is 23.9. The molecule has 0 atom stereocenters. The van der Waals surface area contributed by atoms with Gasteiger partial charge in [0.15, 0.2) is 0 Å². The van der Waals surface area contributed by atoms with Gasteiger partial charge in [-0.2, -0.15) is 4.98 Å². The summed E-state index contributed by atoms with van der Waals surface area (Å²) >= 11 is 0. The van der Waals surface area contributed by atoms with Crippen molar-refractivity contribution in [2.45, 2.75) is 51.7 Å². The van der Waals surface area contributed by atoms with Gasteiger partial charge in [-0.3, -0.25) is 0 Å². The molecule has 42 heavy (non-hydrogen) atoms. The molecule has 2 N–H and O–H groups in total. The lowest BCUT2D eigenvalue weighted by atomic mass is 9.91. The standard InChI is InChI=1S/C35H38N6.CH4/c1-40(2)34-32-15-9-10-16-33(32)38-35(39-34)37-28-21-19-27(20-22-28)36-25-26-17-23-31(24-18-26)41(29-11-5-3-6-12-29)30-13-7-4-8-14-30;/h3-18,23-24,27-28,36H,19-22,25H2,1-2H3,(H,37,38,39);1H4. The van der Waals surface area contributed by atoms with Gasteiger partial charge < -0.3 is 20.4 Å². The summed E-state index contributed by atoms with van der Waals surface area (Å²) in [6.45, 7) is 0.875. The summed E-state index contributed by atoms with van der Waals surface area (Å²) in [7, 11) is 4.07. The van der Waals surface area contributed by atoms with E-state index in [-0.39, 0.29) is 7.43 Å². The first-order chi connectivity index (χ1) is 20.1. The molecule has 0 amide bonds. The van der Waals surface area contributed by atoms with E-state index in [2.05, 4.69) is 117 Å². The Bertz CT molecular complexity index is 1510. The molecule has 216 valence electrons. The van der Waals surface area contributed by atoms with Crippen LogP contribution in [0.3, 0.4) is 0 Å². The van der Waals surface area contributed by atoms with Gasteiger partial charge in [0, 0.05) is 55.2 Å². The normalized spacial score (nSPS) is 16.4. The molecular formula is C36H42N6. The third-order valence-corrected chi connectivity index (χ3v) is 7.89. The van der Waals surface area contributed by atoms with Crippen LogP contribution in [-0.2, 0) is 6.54 Å². The maximum absolute atomic E-state index is 4.83. The molecule has 0 saturated heterocycles. The summed E-state index contributed by atoms with van der Waals surface area (Å²) in [5.41, 5.74) is 5.75. The zero-order chi connectivity index (χ0) is 28.0. The molecule has 1 saturated carbocycles. The van der Waals surface area contributed by atoms with E-state index in [1.54, 1.807) is 0 Å². The minimum atomic E-state index is 0. The van der Waals surface area contributed by atoms with Crippen molar-refractivity contribution in [1.29, 1.82) is 0 Å². The van der Waals surface area contributed by atoms with Gasteiger partial charge in [0.1, 0.15) is 5.82 Å². The van der Waals surface area contributed by atoms with Crippen LogP contribution in [0.2, 0.25) is 0 Å². The van der Waals surface area contributed by atoms with E-state index in [0.717, 1.165) is 72.0 Å². The van der Waals surface area contributed by atoms with Gasteiger partial charge in [-0.25, -0.2) is 4.98 Å². The van der Waals surface area contributed by atoms with Crippen LogP contribution >= 0.6 is 0 Å². The number of nitrogens with one attached hydrogen (secondary N) is 2. The van der Waals surface area contributed by atoms with Gasteiger partial charge in [-0.1, -0.05) is 68.1 Å². The van der Waals surface area contributed by atoms with E-state index in [1.807, 2.05) is 26.2 Å². The lowest BCUT2D eigenvalue weighted by Crippen LogP contribution is -2.37. The Labute approximate surface area is 250 Å². The third kappa shape index (κ3) is 6.72. The van der Waals surface area contributed by atoms with Crippen LogP contribution in [0, 0.1) is 0 Å². The van der Waals surface area contributed by atoms with E-state index in [9.17, 15) is 0 Å². The van der Waals surface area contributed by atoms with Gasteiger partial charge in [-0.15, -0.1) is 0 Å². The quantitative estimate of drug-likeness (QED) is 0.190. The van der Waals surface area contributed by atoms with Crippen LogP contribution in [0.4, 0.5) is 28.8 Å². The van der Waals surface area contributed by atoms with Crippen LogP contribution in [0.5, 0.6) is 0 Å². The van der Waals surface area contributed by atoms with Crippen molar-refractivity contribution in [1.82, 2.24) is 15.3 Å². The van der Waals surface area contributed by atoms with Crippen molar-refractivity contribution in [2.75, 3.05) is 29.2 Å². The SMILES string of the molecule is C.CN(C)c1nc(NC2CCC(NCc3ccc(N(c4ccccc4)c4ccccc4)cc3)CC2)nc2ccccc12. The first-order valence-electron chi connectivity index (χ1n) is 14.6. The van der Waals surface area contributed by atoms with Crippen molar-refractivity contribution in [2.24, 2.45) is 0 Å². The monoisotopic (exact) mass is 558 g/mol. The Hall–Kier alpha value is -4.42. The molecule has 0 aliphatic heterocycles. The number of hydrogen-bond donors (Lipinski definition) is 2. The van der Waals surface area contributed by atoms with Gasteiger partial charge in [-0.05, 0) is 79.8 Å². The fourth-order valence-corrected chi connectivity index (χ4v) is 5.72. The number of fused-ring (bicyclic) bond motifs is 1. The van der Waals surface area contributed by atoms with Crippen LogP contribution in [-0.4, -0.2) is 36.1 Å². The van der Waals surface area contributed by atoms with Crippen LogP contribution in [0.25, 0.3) is 10.9 Å². The number of aromatic nitrogens is 2. The molecule has 0 spiro atoms. The molecule has 5 aromatic rings. The number of anilines is 5. The van der Waals surface area contributed by atoms with E-state index in [0.29, 0.717) is 12.1 Å². The highest BCUT2D eigenvalue weighted by molar-refractivity contribution is 5.90. The van der Waals surface area contributed by atoms with Crippen LogP contribution < -0.4 is 20.4 Å². The Morgan fingerprint density at radius 1 is 0.643 bits per heavy atom. The molecule has 1 aromatic heterocycles. The Morgan fingerprint density at radius 2 is 1.19 bits per heavy atom. The summed E-state index contributed by atoms with van der Waals surface area (Å²) < 4.78 is 0. The van der Waals surface area contributed by atoms with Gasteiger partial charge in [0.2, 0.25) is 5.95 Å². The van der Waals surface area contributed by atoms with Crippen LogP contribution in [0.15, 0.2) is 109 Å². The number of para-hydroxylation sites is 3. The largest absolute Gasteiger partial charge is 0.362 e. The molecule has 1 fully saturated rings. The van der Waals surface area contributed by atoms with E-state index in [1.165, 1.54) is 5.56 Å². The highest BCUT2D eigenvalue weighted by Gasteiger charge is 2.22. The number of rotatable bonds is 9. The third-order valence-electron chi connectivity index (χ3n) is 7.89. The van der Waals surface area contributed by atoms with Crippen molar-refractivity contribution < 1.29 is 0 Å². The maximum Gasteiger partial charge on any atom is 0.225 e. The maximum atomic E-state index is 4.83. The average Bonchev–Trinajstić information content (AvgIpc) is 3.02. The molecule has 0 unspecified atom stereocenters. The second-order valence-electron chi connectivity index (χ2n) is 11.0. The first kappa shape index (κ1) is 29.1. The van der Waals surface area contributed by atoms with Crippen molar-refractivity contribution >= 4 is 39.7 Å². The second-order valence-corrected chi connectivity index (χ2v) is 11.0. The van der Waals surface area contributed by atoms with Gasteiger partial charge >= 0.3 is 0 Å². The van der Waals surface area contributed by atoms with Gasteiger partial charge in [0.25, 0.3) is 0 Å². The highest BCUT2D eigenvalue weighted by atomic mass is 15.2. The summed E-state index contributed by atoms with van der Waals surface area (Å²) in [5, 5.41) is 8.51. The average molecular weight is 559 g/mol. The summed E-state index contributed by atoms with van der Waals surface area (Å²) in [5.74, 6) is 1.68. The minimum absolute atomic E-state index is 0. The van der Waals surface area contributed by atoms with Gasteiger partial charge in [0.05, 0.1) is 5.52 Å². The van der Waals surface area contributed by atoms with Crippen molar-refractivity contribution in [3.05, 3.63) is 115 Å². The van der Waals surface area contributed by atoms with E-state index < -0.39 is 0 Å². The second kappa shape index (κ2) is 13.5. The molecule has 1 aliphatic carbocycles. The Balaban J connectivity index is 0.00000353. The smallest absolute Gasteiger partial charge is 0.225 e. The predicted octanol–water partition coefficient (Wildman–Crippen LogP) is 8.31. The van der Waals surface area contributed by atoms with Crippen molar-refractivity contribution in [3.63, 3.8) is 0 Å². The molecule has 1 aliphatic rings. The molecule has 1 heterocycles. The number of nitrogens with zero attached hydrogens (tertiary/aromatic N) is 4. The first-order valence-corrected chi connectivity index (χ1v) is 14.6. The predicted molar refractivity (Wildman–Crippen MR) is 178 cm³/mol. The lowest BCUT2D eigenvalue weighted by molar-refractivity contribution is 0.352. The number of hydrogen-bond acceptors (Lipinski definition) is 6. The van der Waals surface area contributed by atoms with Crippen LogP contribution in [0.1, 0.15) is 38.7 Å². The zero-order valence-electron chi connectivity index (χ0n) is 23.9. The minimum Gasteiger partial charge on any atom is -0.362 e. The molecule has 0 radical (unpaired) electrons. The summed E-state index contributed by atoms with van der Waals surface area (Å²) in [4.78, 5) is 14.0.